The zero-order valence-electron chi connectivity index (χ0n) is 13.9. The van der Waals surface area contributed by atoms with Gasteiger partial charge in [0.1, 0.15) is 0 Å². The normalized spacial score (nSPS) is 11.3. The number of sulfone groups is 1. The van der Waals surface area contributed by atoms with E-state index in [4.69, 9.17) is 4.74 Å². The number of nitro groups is 1. The van der Waals surface area contributed by atoms with Crippen molar-refractivity contribution in [2.45, 2.75) is 17.6 Å². The molecule has 0 aliphatic rings. The van der Waals surface area contributed by atoms with Crippen LogP contribution in [0.2, 0.25) is 0 Å². The second-order valence-electron chi connectivity index (χ2n) is 5.40. The monoisotopic (exact) mass is 400 g/mol. The number of carbonyl (C=O) groups is 1. The van der Waals surface area contributed by atoms with Gasteiger partial charge in [-0.05, 0) is 42.8 Å². The van der Waals surface area contributed by atoms with Crippen LogP contribution in [0.3, 0.4) is 0 Å². The summed E-state index contributed by atoms with van der Waals surface area (Å²) in [6.45, 7) is 1.16. The molecule has 0 radical (unpaired) electrons. The average molecular weight is 400 g/mol. The van der Waals surface area contributed by atoms with Gasteiger partial charge in [0.2, 0.25) is 9.84 Å². The number of anilines is 1. The number of nitrogens with zero attached hydrogens (tertiary/aromatic N) is 1. The Hall–Kier alpha value is -3.08. The lowest BCUT2D eigenvalue weighted by atomic mass is 10.2. The standard InChI is InChI=1S/C16H14F2N2O6S/c1-10-2-7-13(20(22)23)14(8-10)26-9-15(21)19-11-3-5-12(6-4-11)27(24,25)16(17)18/h2-8,16H,9H2,1H3,(H,19,21). The highest BCUT2D eigenvalue weighted by Gasteiger charge is 2.26. The van der Waals surface area contributed by atoms with Crippen molar-refractivity contribution in [1.82, 2.24) is 0 Å². The fraction of sp³-hybridized carbons (Fsp3) is 0.188. The largest absolute Gasteiger partial charge is 0.477 e. The van der Waals surface area contributed by atoms with Gasteiger partial charge in [0, 0.05) is 11.8 Å². The van der Waals surface area contributed by atoms with Gasteiger partial charge < -0.3 is 10.1 Å². The van der Waals surface area contributed by atoms with Gasteiger partial charge >= 0.3 is 11.4 Å². The molecule has 0 bridgehead atoms. The molecule has 2 rings (SSSR count). The van der Waals surface area contributed by atoms with Crippen LogP contribution in [0, 0.1) is 17.0 Å². The van der Waals surface area contributed by atoms with Gasteiger partial charge in [0.05, 0.1) is 9.82 Å². The van der Waals surface area contributed by atoms with Gasteiger partial charge in [0.25, 0.3) is 5.91 Å². The van der Waals surface area contributed by atoms with Crippen molar-refractivity contribution in [3.8, 4) is 5.75 Å². The third kappa shape index (κ3) is 4.97. The minimum Gasteiger partial charge on any atom is -0.477 e. The van der Waals surface area contributed by atoms with Gasteiger partial charge in [-0.2, -0.15) is 8.78 Å². The maximum absolute atomic E-state index is 12.5. The quantitative estimate of drug-likeness (QED) is 0.564. The number of halogens is 2. The van der Waals surface area contributed by atoms with E-state index in [0.29, 0.717) is 5.56 Å². The summed E-state index contributed by atoms with van der Waals surface area (Å²) in [7, 11) is -4.72. The van der Waals surface area contributed by atoms with Gasteiger partial charge in [-0.25, -0.2) is 8.42 Å². The Morgan fingerprint density at radius 1 is 1.22 bits per heavy atom. The number of hydrogen-bond acceptors (Lipinski definition) is 6. The molecular weight excluding hydrogens is 386 g/mol. The van der Waals surface area contributed by atoms with E-state index in [-0.39, 0.29) is 17.1 Å². The third-order valence-electron chi connectivity index (χ3n) is 3.37. The van der Waals surface area contributed by atoms with E-state index < -0.39 is 37.9 Å². The van der Waals surface area contributed by atoms with Crippen LogP contribution in [0.4, 0.5) is 20.2 Å². The number of nitrogens with one attached hydrogen (secondary N) is 1. The molecule has 0 aromatic heterocycles. The van der Waals surface area contributed by atoms with Crippen molar-refractivity contribution in [1.29, 1.82) is 0 Å². The van der Waals surface area contributed by atoms with E-state index in [2.05, 4.69) is 5.32 Å². The molecule has 0 aliphatic heterocycles. The molecule has 0 saturated carbocycles. The Morgan fingerprint density at radius 3 is 2.41 bits per heavy atom. The van der Waals surface area contributed by atoms with Crippen molar-refractivity contribution in [3.63, 3.8) is 0 Å². The molecule has 144 valence electrons. The van der Waals surface area contributed by atoms with E-state index in [9.17, 15) is 32.1 Å². The zero-order valence-corrected chi connectivity index (χ0v) is 14.7. The van der Waals surface area contributed by atoms with Gasteiger partial charge in [-0.1, -0.05) is 6.07 Å². The first-order chi connectivity index (χ1) is 12.6. The number of ether oxygens (including phenoxy) is 1. The first-order valence-corrected chi connectivity index (χ1v) is 8.95. The summed E-state index contributed by atoms with van der Waals surface area (Å²) in [6.07, 6.45) is 0. The second-order valence-corrected chi connectivity index (χ2v) is 7.31. The van der Waals surface area contributed by atoms with Crippen molar-refractivity contribution >= 4 is 27.1 Å². The number of rotatable bonds is 7. The van der Waals surface area contributed by atoms with Crippen LogP contribution in [0.5, 0.6) is 5.75 Å². The summed E-state index contributed by atoms with van der Waals surface area (Å²) in [5.74, 6) is -4.29. The van der Waals surface area contributed by atoms with E-state index in [1.165, 1.54) is 18.2 Å². The summed E-state index contributed by atoms with van der Waals surface area (Å²) < 4.78 is 52.8. The van der Waals surface area contributed by atoms with Gasteiger partial charge in [0.15, 0.2) is 12.4 Å². The molecule has 0 aliphatic carbocycles. The van der Waals surface area contributed by atoms with Crippen molar-refractivity contribution < 1.29 is 31.7 Å². The molecule has 1 N–H and O–H groups in total. The number of carbonyl (C=O) groups excluding carboxylic acids is 1. The van der Waals surface area contributed by atoms with Crippen LogP contribution < -0.4 is 10.1 Å². The molecule has 1 amide bonds. The van der Waals surface area contributed by atoms with Crippen LogP contribution in [0.1, 0.15) is 5.56 Å². The molecule has 0 unspecified atom stereocenters. The van der Waals surface area contributed by atoms with E-state index in [1.54, 1.807) is 6.92 Å². The molecule has 2 aromatic carbocycles. The highest BCUT2D eigenvalue weighted by Crippen LogP contribution is 2.27. The Kier molecular flexibility index (Phi) is 6.05. The molecule has 0 spiro atoms. The molecule has 0 fully saturated rings. The SMILES string of the molecule is Cc1ccc([N+](=O)[O-])c(OCC(=O)Nc2ccc(S(=O)(=O)C(F)F)cc2)c1. The van der Waals surface area contributed by atoms with Crippen molar-refractivity contribution in [3.05, 3.63) is 58.1 Å². The highest BCUT2D eigenvalue weighted by atomic mass is 32.2. The first kappa shape index (κ1) is 20.2. The van der Waals surface area contributed by atoms with Gasteiger partial charge in [-0.3, -0.25) is 14.9 Å². The predicted octanol–water partition coefficient (Wildman–Crippen LogP) is 2.92. The number of aryl methyl sites for hydroxylation is 1. The first-order valence-electron chi connectivity index (χ1n) is 7.41. The summed E-state index contributed by atoms with van der Waals surface area (Å²) in [6, 6.07) is 8.34. The molecule has 11 heteroatoms. The predicted molar refractivity (Wildman–Crippen MR) is 91.6 cm³/mol. The summed E-state index contributed by atoms with van der Waals surface area (Å²) in [4.78, 5) is 21.6. The fourth-order valence-electron chi connectivity index (χ4n) is 2.06. The maximum Gasteiger partial charge on any atom is 0.341 e. The number of benzene rings is 2. The van der Waals surface area contributed by atoms with Crippen LogP contribution >= 0.6 is 0 Å². The molecule has 0 saturated heterocycles. The van der Waals surface area contributed by atoms with E-state index in [0.717, 1.165) is 24.3 Å². The third-order valence-corrected chi connectivity index (χ3v) is 4.77. The number of amides is 1. The lowest BCUT2D eigenvalue weighted by molar-refractivity contribution is -0.385. The molecule has 0 heterocycles. The Labute approximate surface area is 152 Å². The Bertz CT molecular complexity index is 961. The van der Waals surface area contributed by atoms with Crippen LogP contribution in [-0.4, -0.2) is 31.6 Å². The topological polar surface area (TPSA) is 116 Å². The molecule has 2 aromatic rings. The van der Waals surface area contributed by atoms with Crippen molar-refractivity contribution in [2.75, 3.05) is 11.9 Å². The molecular formula is C16H14F2N2O6S. The fourth-order valence-corrected chi connectivity index (χ4v) is 2.78. The van der Waals surface area contributed by atoms with Gasteiger partial charge in [-0.15, -0.1) is 0 Å². The summed E-state index contributed by atoms with van der Waals surface area (Å²) in [5.41, 5.74) is 0.553. The smallest absolute Gasteiger partial charge is 0.341 e. The second kappa shape index (κ2) is 8.08. The number of alkyl halides is 2. The Balaban J connectivity index is 2.03. The molecule has 27 heavy (non-hydrogen) atoms. The van der Waals surface area contributed by atoms with Crippen LogP contribution in [0.15, 0.2) is 47.4 Å². The number of hydrogen-bond donors (Lipinski definition) is 1. The van der Waals surface area contributed by atoms with E-state index in [1.807, 2.05) is 0 Å². The average Bonchev–Trinajstić information content (AvgIpc) is 2.60. The minimum atomic E-state index is -4.72. The Morgan fingerprint density at radius 2 is 1.85 bits per heavy atom. The lowest BCUT2D eigenvalue weighted by Crippen LogP contribution is -2.20. The lowest BCUT2D eigenvalue weighted by Gasteiger charge is -2.09. The maximum atomic E-state index is 12.5. The van der Waals surface area contributed by atoms with Crippen molar-refractivity contribution in [2.24, 2.45) is 0 Å². The highest BCUT2D eigenvalue weighted by molar-refractivity contribution is 7.91. The number of nitro benzene ring substituents is 1. The van der Waals surface area contributed by atoms with Crippen LogP contribution in [-0.2, 0) is 14.6 Å². The summed E-state index contributed by atoms with van der Waals surface area (Å²) >= 11 is 0. The molecule has 8 nitrogen and oxygen atoms in total. The minimum absolute atomic E-state index is 0.0754. The summed E-state index contributed by atoms with van der Waals surface area (Å²) in [5, 5.41) is 13.3. The van der Waals surface area contributed by atoms with E-state index >= 15 is 0 Å². The van der Waals surface area contributed by atoms with Crippen LogP contribution in [0.25, 0.3) is 0 Å². The molecule has 0 atom stereocenters. The zero-order chi connectivity index (χ0) is 20.2.